The van der Waals surface area contributed by atoms with Crippen LogP contribution in [0.5, 0.6) is 11.5 Å². The molecule has 174 valence electrons. The van der Waals surface area contributed by atoms with Crippen molar-refractivity contribution in [3.8, 4) is 22.6 Å². The fraction of sp³-hybridized carbons (Fsp3) is 0.250. The van der Waals surface area contributed by atoms with Crippen molar-refractivity contribution in [1.82, 2.24) is 24.0 Å². The maximum atomic E-state index is 6.56. The van der Waals surface area contributed by atoms with Gasteiger partial charge in [0.15, 0.2) is 0 Å². The minimum Gasteiger partial charge on any atom is -0.416 e. The number of fused-ring (bicyclic) bond motifs is 3. The Balaban J connectivity index is 2.07. The first-order valence-electron chi connectivity index (χ1n) is 9.55. The Bertz CT molecular complexity index is 1070. The molecule has 32 heavy (non-hydrogen) atoms. The van der Waals surface area contributed by atoms with Crippen molar-refractivity contribution in [1.29, 1.82) is 0 Å². The molecule has 0 radical (unpaired) electrons. The largest absolute Gasteiger partial charge is 0.442 e. The van der Waals surface area contributed by atoms with Crippen LogP contribution in [0.25, 0.3) is 11.1 Å². The van der Waals surface area contributed by atoms with Gasteiger partial charge in [-0.15, -0.1) is 0 Å². The van der Waals surface area contributed by atoms with Gasteiger partial charge >= 0.3 is 15.5 Å². The van der Waals surface area contributed by atoms with Gasteiger partial charge in [-0.3, -0.25) is 11.7 Å². The van der Waals surface area contributed by atoms with E-state index in [0.717, 1.165) is 11.1 Å². The first kappa shape index (κ1) is 23.7. The van der Waals surface area contributed by atoms with E-state index < -0.39 is 23.0 Å². The van der Waals surface area contributed by atoms with Crippen LogP contribution in [0.1, 0.15) is 0 Å². The molecule has 0 unspecified atom stereocenters. The van der Waals surface area contributed by atoms with Gasteiger partial charge in [-0.25, -0.2) is 11.7 Å². The van der Waals surface area contributed by atoms with Gasteiger partial charge < -0.3 is 9.05 Å². The summed E-state index contributed by atoms with van der Waals surface area (Å²) in [5.74, 6) is 26.4. The van der Waals surface area contributed by atoms with Crippen LogP contribution in [0.2, 0.25) is 0 Å². The molecule has 0 aromatic heterocycles. The van der Waals surface area contributed by atoms with Crippen LogP contribution in [-0.2, 0) is 0 Å². The summed E-state index contributed by atoms with van der Waals surface area (Å²) in [7, 11) is -2.89. The van der Waals surface area contributed by atoms with Crippen LogP contribution in [0, 0.1) is 0 Å². The fourth-order valence-electron chi connectivity index (χ4n) is 3.42. The predicted molar refractivity (Wildman–Crippen MR) is 130 cm³/mol. The summed E-state index contributed by atoms with van der Waals surface area (Å²) in [6.45, 7) is 0. The topological polar surface area (TPSA) is 172 Å². The Kier molecular flexibility index (Phi) is 6.23. The lowest BCUT2D eigenvalue weighted by molar-refractivity contribution is 0.436. The molecule has 16 heteroatoms. The molecule has 0 bridgehead atoms. The Morgan fingerprint density at radius 1 is 0.750 bits per heavy atom. The van der Waals surface area contributed by atoms with Crippen LogP contribution in [0.4, 0.5) is 0 Å². The molecule has 0 aliphatic carbocycles. The molecule has 0 amide bonds. The minimum absolute atomic E-state index is 0.596. The quantitative estimate of drug-likeness (QED) is 0.237. The summed E-state index contributed by atoms with van der Waals surface area (Å²) in [4.78, 5) is 3.38. The van der Waals surface area contributed by atoms with Crippen LogP contribution >= 0.6 is 23.0 Å². The third-order valence-electron chi connectivity index (χ3n) is 4.98. The van der Waals surface area contributed by atoms with Gasteiger partial charge in [-0.05, 0) is 16.6 Å². The van der Waals surface area contributed by atoms with E-state index in [2.05, 4.69) is 4.86 Å². The monoisotopic (exact) mass is 500 g/mol. The van der Waals surface area contributed by atoms with Crippen LogP contribution < -0.4 is 37.3 Å². The summed E-state index contributed by atoms with van der Waals surface area (Å²) < 4.78 is 28.6. The van der Waals surface area contributed by atoms with Crippen molar-refractivity contribution in [3.63, 3.8) is 0 Å². The molecule has 0 atom stereocenters. The van der Waals surface area contributed by atoms with E-state index in [1.807, 2.05) is 48.5 Å². The normalized spacial score (nSPS) is 20.1. The number of nitrogens with two attached hydrogens (primary N) is 4. The molecule has 1 spiro atoms. The van der Waals surface area contributed by atoms with Crippen LogP contribution in [0.15, 0.2) is 57.6 Å². The Labute approximate surface area is 188 Å². The highest BCUT2D eigenvalue weighted by atomic mass is 31.3. The van der Waals surface area contributed by atoms with E-state index in [4.69, 9.17) is 41.4 Å². The lowest BCUT2D eigenvalue weighted by atomic mass is 10.0. The zero-order valence-corrected chi connectivity index (χ0v) is 21.0. The molecule has 2 aliphatic rings. The summed E-state index contributed by atoms with van der Waals surface area (Å²) in [6.07, 6.45) is 0. The molecule has 9 N–H and O–H groups in total. The Morgan fingerprint density at radius 3 is 1.59 bits per heavy atom. The van der Waals surface area contributed by atoms with Crippen molar-refractivity contribution < 1.29 is 9.05 Å². The Morgan fingerprint density at radius 2 is 1.19 bits per heavy atom. The van der Waals surface area contributed by atoms with E-state index >= 15 is 0 Å². The van der Waals surface area contributed by atoms with Gasteiger partial charge in [0.2, 0.25) is 7.51 Å². The zero-order valence-electron chi connectivity index (χ0n) is 18.3. The van der Waals surface area contributed by atoms with E-state index in [1.165, 1.54) is 19.1 Å². The van der Waals surface area contributed by atoms with E-state index in [1.54, 1.807) is 28.2 Å². The van der Waals surface area contributed by atoms with Gasteiger partial charge in [0.05, 0.1) is 0 Å². The number of hydrogen-bond acceptors (Lipinski definition) is 13. The molecule has 0 saturated heterocycles. The predicted octanol–water partition coefficient (Wildman–Crippen LogP) is 2.52. The maximum absolute atomic E-state index is 6.56. The molecule has 2 aromatic rings. The number of rotatable bonds is 4. The number of benzene rings is 2. The van der Waals surface area contributed by atoms with Crippen molar-refractivity contribution in [2.24, 2.45) is 32.4 Å². The maximum Gasteiger partial charge on any atom is 0.442 e. The highest BCUT2D eigenvalue weighted by molar-refractivity contribution is 7.86. The highest BCUT2D eigenvalue weighted by Gasteiger charge is 2.61. The Hall–Kier alpha value is -1.43. The van der Waals surface area contributed by atoms with Gasteiger partial charge in [0.25, 0.3) is 0 Å². The SMILES string of the molecule is CN(N)P1(N(C)N)=N[P+](N(C)N)(N(C)N)N=P2(N1)Oc1ccccc1-c1ccccc1O2. The second kappa shape index (κ2) is 8.41. The average molecular weight is 500 g/mol. The molecular formula is C16H29N11O2P3+. The van der Waals surface area contributed by atoms with Crippen LogP contribution in [-0.4, -0.2) is 47.3 Å². The lowest BCUT2D eigenvalue weighted by Crippen LogP contribution is -2.45. The number of nitrogens with one attached hydrogen (secondary N) is 1. The molecule has 4 rings (SSSR count). The summed E-state index contributed by atoms with van der Waals surface area (Å²) >= 11 is 0. The first-order chi connectivity index (χ1) is 15.1. The van der Waals surface area contributed by atoms with Crippen molar-refractivity contribution >= 4 is 23.0 Å². The molecule has 13 nitrogen and oxygen atoms in total. The van der Waals surface area contributed by atoms with Gasteiger partial charge in [-0.2, -0.15) is 14.4 Å². The standard InChI is InChI=1S/C16H29N11O2P3/c1-24(17)30(25(2)18)21-31(26(3)19,27(4)20)23-32(22-30)28-15-11-7-5-9-13(15)14-10-6-8-12-16(14)29-32/h5-12,22H,17-20H2,1-4H3/q+1. The number of hydrogen-bond donors (Lipinski definition) is 5. The molecule has 0 saturated carbocycles. The van der Waals surface area contributed by atoms with Gasteiger partial charge in [-0.1, -0.05) is 46.0 Å². The third-order valence-corrected chi connectivity index (χ3v) is 15.3. The van der Waals surface area contributed by atoms with Gasteiger partial charge in [0.1, 0.15) is 11.5 Å². The third kappa shape index (κ3) is 3.70. The number of para-hydroxylation sites is 2. The molecular weight excluding hydrogens is 471 g/mol. The van der Waals surface area contributed by atoms with Crippen molar-refractivity contribution in [2.75, 3.05) is 28.2 Å². The fourth-order valence-corrected chi connectivity index (χ4v) is 15.4. The smallest absolute Gasteiger partial charge is 0.416 e. The highest BCUT2D eigenvalue weighted by Crippen LogP contribution is 2.81. The molecule has 0 fully saturated rings. The van der Waals surface area contributed by atoms with Crippen molar-refractivity contribution in [3.05, 3.63) is 48.5 Å². The summed E-state index contributed by atoms with van der Waals surface area (Å²) in [5.41, 5.74) is 1.74. The first-order valence-corrected chi connectivity index (χ1v) is 14.4. The van der Waals surface area contributed by atoms with Crippen LogP contribution in [0.3, 0.4) is 0 Å². The summed E-state index contributed by atoms with van der Waals surface area (Å²) in [5, 5.41) is 0. The minimum atomic E-state index is -3.36. The van der Waals surface area contributed by atoms with E-state index in [-0.39, 0.29) is 0 Å². The van der Waals surface area contributed by atoms with E-state index in [0.29, 0.717) is 11.5 Å². The second-order valence-corrected chi connectivity index (χ2v) is 15.7. The lowest BCUT2D eigenvalue weighted by Gasteiger charge is -2.42. The molecule has 2 aliphatic heterocycles. The average Bonchev–Trinajstić information content (AvgIpc) is 2.86. The van der Waals surface area contributed by atoms with Crippen molar-refractivity contribution in [2.45, 2.75) is 0 Å². The number of hydrazine groups is 4. The van der Waals surface area contributed by atoms with Gasteiger partial charge in [0, 0.05) is 43.8 Å². The number of nitrogens with zero attached hydrogens (tertiary/aromatic N) is 6. The molecule has 2 heterocycles. The zero-order chi connectivity index (χ0) is 23.3. The summed E-state index contributed by atoms with van der Waals surface area (Å²) in [6, 6.07) is 15.3. The molecule has 2 aromatic carbocycles. The second-order valence-electron chi connectivity index (χ2n) is 7.37. The van der Waals surface area contributed by atoms with E-state index in [9.17, 15) is 0 Å².